The second kappa shape index (κ2) is 6.15. The van der Waals surface area contributed by atoms with Gasteiger partial charge in [0.05, 0.1) is 6.04 Å². The summed E-state index contributed by atoms with van der Waals surface area (Å²) in [6, 6.07) is 6.67. The molecule has 1 unspecified atom stereocenters. The number of halogens is 3. The molecule has 96 valence electrons. The minimum absolute atomic E-state index is 0.136. The number of thiophene rings is 1. The Kier molecular flexibility index (Phi) is 4.78. The largest absolute Gasteiger partial charge is 0.306 e. The summed E-state index contributed by atoms with van der Waals surface area (Å²) in [4.78, 5) is 1.07. The van der Waals surface area contributed by atoms with Crippen molar-refractivity contribution in [1.29, 1.82) is 0 Å². The molecular weight excluding hydrogens is 337 g/mol. The van der Waals surface area contributed by atoms with Gasteiger partial charge in [-0.1, -0.05) is 24.6 Å². The maximum absolute atomic E-state index is 14.0. The fourth-order valence-corrected chi connectivity index (χ4v) is 3.48. The van der Waals surface area contributed by atoms with E-state index in [0.717, 1.165) is 15.9 Å². The molecule has 0 aliphatic heterocycles. The van der Waals surface area contributed by atoms with E-state index in [-0.39, 0.29) is 11.9 Å². The molecule has 1 atom stereocenters. The predicted molar refractivity (Wildman–Crippen MR) is 78.9 cm³/mol. The molecule has 1 aromatic carbocycles. The Labute approximate surface area is 123 Å². The maximum atomic E-state index is 14.0. The average Bonchev–Trinajstić information content (AvgIpc) is 2.73. The van der Waals surface area contributed by atoms with Gasteiger partial charge in [0.15, 0.2) is 0 Å². The molecule has 1 nitrogen and oxygen atoms in total. The first-order valence-electron chi connectivity index (χ1n) is 5.54. The van der Waals surface area contributed by atoms with Crippen molar-refractivity contribution >= 4 is 38.9 Å². The van der Waals surface area contributed by atoms with Crippen LogP contribution in [0.5, 0.6) is 0 Å². The smallest absolute Gasteiger partial charge is 0.129 e. The van der Waals surface area contributed by atoms with Crippen LogP contribution >= 0.6 is 38.9 Å². The molecular formula is C13H12BrClFNS. The highest BCUT2D eigenvalue weighted by Crippen LogP contribution is 2.32. The van der Waals surface area contributed by atoms with E-state index in [2.05, 4.69) is 21.2 Å². The lowest BCUT2D eigenvalue weighted by atomic mass is 10.0. The fraction of sp³-hybridized carbons (Fsp3) is 0.231. The van der Waals surface area contributed by atoms with Crippen molar-refractivity contribution in [2.24, 2.45) is 0 Å². The lowest BCUT2D eigenvalue weighted by Crippen LogP contribution is -2.22. The standard InChI is InChI=1S/C13H12BrClFNS/c1-2-17-13(12-5-8(14)7-18-12)10-4-3-9(15)6-11(10)16/h3-7,13,17H,2H2,1H3. The highest BCUT2D eigenvalue weighted by atomic mass is 79.9. The van der Waals surface area contributed by atoms with Crippen molar-refractivity contribution in [1.82, 2.24) is 5.32 Å². The van der Waals surface area contributed by atoms with Gasteiger partial charge in [-0.15, -0.1) is 11.3 Å². The van der Waals surface area contributed by atoms with Crippen LogP contribution in [0.1, 0.15) is 23.4 Å². The molecule has 1 aromatic heterocycles. The van der Waals surface area contributed by atoms with E-state index >= 15 is 0 Å². The van der Waals surface area contributed by atoms with Crippen LogP contribution in [0.25, 0.3) is 0 Å². The number of hydrogen-bond donors (Lipinski definition) is 1. The minimum atomic E-state index is -0.280. The van der Waals surface area contributed by atoms with Gasteiger partial charge < -0.3 is 5.32 Å². The molecule has 5 heteroatoms. The third kappa shape index (κ3) is 3.12. The van der Waals surface area contributed by atoms with Crippen LogP contribution in [0.4, 0.5) is 4.39 Å². The average molecular weight is 349 g/mol. The normalized spacial score (nSPS) is 12.7. The van der Waals surface area contributed by atoms with Gasteiger partial charge >= 0.3 is 0 Å². The van der Waals surface area contributed by atoms with Crippen molar-refractivity contribution < 1.29 is 4.39 Å². The Morgan fingerprint density at radius 3 is 2.78 bits per heavy atom. The van der Waals surface area contributed by atoms with Gasteiger partial charge in [0.2, 0.25) is 0 Å². The van der Waals surface area contributed by atoms with E-state index in [1.165, 1.54) is 6.07 Å². The zero-order chi connectivity index (χ0) is 13.1. The fourth-order valence-electron chi connectivity index (χ4n) is 1.78. The van der Waals surface area contributed by atoms with Crippen LogP contribution in [0, 0.1) is 5.82 Å². The van der Waals surface area contributed by atoms with E-state index in [4.69, 9.17) is 11.6 Å². The molecule has 0 spiro atoms. The molecule has 0 fully saturated rings. The summed E-state index contributed by atoms with van der Waals surface area (Å²) < 4.78 is 15.0. The summed E-state index contributed by atoms with van der Waals surface area (Å²) in [5, 5.41) is 5.70. The van der Waals surface area contributed by atoms with Crippen LogP contribution in [-0.2, 0) is 0 Å². The monoisotopic (exact) mass is 347 g/mol. The van der Waals surface area contributed by atoms with Gasteiger partial charge in [0.1, 0.15) is 5.82 Å². The van der Waals surface area contributed by atoms with Gasteiger partial charge in [-0.2, -0.15) is 0 Å². The second-order valence-corrected chi connectivity index (χ2v) is 6.12. The molecule has 18 heavy (non-hydrogen) atoms. The van der Waals surface area contributed by atoms with E-state index in [0.29, 0.717) is 10.6 Å². The van der Waals surface area contributed by atoms with Gasteiger partial charge in [-0.3, -0.25) is 0 Å². The molecule has 1 N–H and O–H groups in total. The zero-order valence-corrected chi connectivity index (χ0v) is 12.9. The molecule has 0 aliphatic carbocycles. The Morgan fingerprint density at radius 1 is 1.44 bits per heavy atom. The lowest BCUT2D eigenvalue weighted by molar-refractivity contribution is 0.563. The molecule has 0 aliphatic rings. The Morgan fingerprint density at radius 2 is 2.22 bits per heavy atom. The highest BCUT2D eigenvalue weighted by molar-refractivity contribution is 9.10. The Balaban J connectivity index is 2.41. The summed E-state index contributed by atoms with van der Waals surface area (Å²) in [6.07, 6.45) is 0. The molecule has 2 rings (SSSR count). The van der Waals surface area contributed by atoms with Crippen molar-refractivity contribution in [2.45, 2.75) is 13.0 Å². The van der Waals surface area contributed by atoms with Crippen LogP contribution in [0.3, 0.4) is 0 Å². The second-order valence-electron chi connectivity index (χ2n) is 3.82. The predicted octanol–water partition coefficient (Wildman–Crippen LogP) is 5.00. The van der Waals surface area contributed by atoms with E-state index in [1.54, 1.807) is 23.5 Å². The first-order valence-corrected chi connectivity index (χ1v) is 7.59. The number of hydrogen-bond acceptors (Lipinski definition) is 2. The molecule has 0 bridgehead atoms. The topological polar surface area (TPSA) is 12.0 Å². The van der Waals surface area contributed by atoms with Crippen LogP contribution in [-0.4, -0.2) is 6.54 Å². The number of benzene rings is 1. The Bertz CT molecular complexity index is 544. The molecule has 2 aromatic rings. The van der Waals surface area contributed by atoms with Gasteiger partial charge in [0.25, 0.3) is 0 Å². The summed E-state index contributed by atoms with van der Waals surface area (Å²) in [6.45, 7) is 2.77. The van der Waals surface area contributed by atoms with E-state index in [1.807, 2.05) is 18.4 Å². The molecule has 0 saturated carbocycles. The summed E-state index contributed by atoms with van der Waals surface area (Å²) in [7, 11) is 0. The lowest BCUT2D eigenvalue weighted by Gasteiger charge is -2.17. The van der Waals surface area contributed by atoms with Crippen LogP contribution < -0.4 is 5.32 Å². The van der Waals surface area contributed by atoms with E-state index in [9.17, 15) is 4.39 Å². The summed E-state index contributed by atoms with van der Waals surface area (Å²) >= 11 is 10.8. The van der Waals surface area contributed by atoms with E-state index < -0.39 is 0 Å². The number of nitrogens with one attached hydrogen (secondary N) is 1. The van der Waals surface area contributed by atoms with Gasteiger partial charge in [-0.25, -0.2) is 4.39 Å². The van der Waals surface area contributed by atoms with Crippen LogP contribution in [0.2, 0.25) is 5.02 Å². The third-order valence-corrected chi connectivity index (χ3v) is 4.55. The van der Waals surface area contributed by atoms with Crippen molar-refractivity contribution in [3.63, 3.8) is 0 Å². The molecule has 0 amide bonds. The third-order valence-electron chi connectivity index (χ3n) is 2.55. The minimum Gasteiger partial charge on any atom is -0.306 e. The molecule has 0 radical (unpaired) electrons. The highest BCUT2D eigenvalue weighted by Gasteiger charge is 2.18. The summed E-state index contributed by atoms with van der Waals surface area (Å²) in [5.74, 6) is -0.280. The van der Waals surface area contributed by atoms with Crippen molar-refractivity contribution in [3.05, 3.63) is 55.4 Å². The summed E-state index contributed by atoms with van der Waals surface area (Å²) in [5.41, 5.74) is 0.621. The van der Waals surface area contributed by atoms with Crippen molar-refractivity contribution in [3.8, 4) is 0 Å². The van der Waals surface area contributed by atoms with Gasteiger partial charge in [-0.05, 0) is 40.7 Å². The van der Waals surface area contributed by atoms with Gasteiger partial charge in [0, 0.05) is 25.3 Å². The molecule has 1 heterocycles. The number of rotatable bonds is 4. The van der Waals surface area contributed by atoms with Crippen LogP contribution in [0.15, 0.2) is 34.1 Å². The van der Waals surface area contributed by atoms with Crippen molar-refractivity contribution in [2.75, 3.05) is 6.54 Å². The first kappa shape index (κ1) is 14.0. The first-order chi connectivity index (χ1) is 8.61. The quantitative estimate of drug-likeness (QED) is 0.819. The maximum Gasteiger partial charge on any atom is 0.129 e. The zero-order valence-electron chi connectivity index (χ0n) is 9.71. The molecule has 0 saturated heterocycles. The Hall–Kier alpha value is -0.420. The SMILES string of the molecule is CCNC(c1cc(Br)cs1)c1ccc(Cl)cc1F.